The number of allylic oxidation sites excluding steroid dienone is 14. The van der Waals surface area contributed by atoms with E-state index in [0.29, 0.717) is 24.1 Å². The van der Waals surface area contributed by atoms with Crippen LogP contribution in [0.25, 0.3) is 0 Å². The standard InChI is InChI=1S/C54H96NO7P/c1-6-8-10-12-14-16-18-20-22-24-26-28-29-31-33-35-37-39-41-43-45-47-54(56)62-53(52-61-63(57,58)60-50-48-55(3,4)5)51-59-49-46-44-42-40-38-36-34-32-30-27-25-23-21-19-17-15-13-11-9-7-2/h9,11,15,17-18,20-21,23-24,26-27,30,34,36,53H,6-8,10,12-14,16,19,22,25,28-29,31-33,35,37-52H2,1-5H3/p+1/b11-9-,17-15-,20-18-,23-21-,26-24-,30-27-,36-34-. The summed E-state index contributed by atoms with van der Waals surface area (Å²) in [5.41, 5.74) is 0. The molecular formula is C54H97NO7P+. The molecule has 0 heterocycles. The van der Waals surface area contributed by atoms with Gasteiger partial charge in [0.05, 0.1) is 34.4 Å². The van der Waals surface area contributed by atoms with Crippen molar-refractivity contribution in [1.82, 2.24) is 0 Å². The number of phosphoric acid groups is 1. The first-order valence-electron chi connectivity index (χ1n) is 25.3. The molecule has 0 radical (unpaired) electrons. The van der Waals surface area contributed by atoms with E-state index in [1.165, 1.54) is 83.5 Å². The molecule has 0 aliphatic rings. The highest BCUT2D eigenvalue weighted by Gasteiger charge is 2.26. The second-order valence-corrected chi connectivity index (χ2v) is 19.3. The molecule has 0 fully saturated rings. The molecule has 0 saturated carbocycles. The molecule has 0 aromatic rings. The van der Waals surface area contributed by atoms with Gasteiger partial charge in [-0.2, -0.15) is 0 Å². The van der Waals surface area contributed by atoms with Crippen molar-refractivity contribution in [2.45, 2.75) is 200 Å². The van der Waals surface area contributed by atoms with Crippen molar-refractivity contribution in [1.29, 1.82) is 0 Å². The largest absolute Gasteiger partial charge is 0.472 e. The number of phosphoric ester groups is 1. The molecule has 0 aliphatic carbocycles. The van der Waals surface area contributed by atoms with Gasteiger partial charge in [-0.3, -0.25) is 13.8 Å². The lowest BCUT2D eigenvalue weighted by Gasteiger charge is -2.24. The van der Waals surface area contributed by atoms with Crippen LogP contribution in [0.3, 0.4) is 0 Å². The Bertz CT molecular complexity index is 1280. The summed E-state index contributed by atoms with van der Waals surface area (Å²) in [5, 5.41) is 0. The minimum absolute atomic E-state index is 0.0779. The Balaban J connectivity index is 4.24. The number of carbonyl (C=O) groups excluding carboxylic acids is 1. The Morgan fingerprint density at radius 1 is 0.508 bits per heavy atom. The van der Waals surface area contributed by atoms with Crippen LogP contribution in [0.5, 0.6) is 0 Å². The minimum Gasteiger partial charge on any atom is -0.457 e. The summed E-state index contributed by atoms with van der Waals surface area (Å²) in [6, 6.07) is 0. The van der Waals surface area contributed by atoms with Crippen LogP contribution in [0.15, 0.2) is 85.1 Å². The maximum atomic E-state index is 12.8. The van der Waals surface area contributed by atoms with Gasteiger partial charge in [0, 0.05) is 13.0 Å². The monoisotopic (exact) mass is 903 g/mol. The van der Waals surface area contributed by atoms with Gasteiger partial charge in [-0.05, 0) is 89.9 Å². The summed E-state index contributed by atoms with van der Waals surface area (Å²) in [4.78, 5) is 23.0. The normalized spacial score (nSPS) is 14.3. The third-order valence-corrected chi connectivity index (χ3v) is 11.4. The van der Waals surface area contributed by atoms with Gasteiger partial charge in [-0.1, -0.05) is 182 Å². The van der Waals surface area contributed by atoms with Crippen LogP contribution in [0.1, 0.15) is 194 Å². The second-order valence-electron chi connectivity index (χ2n) is 17.8. The number of esters is 1. The van der Waals surface area contributed by atoms with Crippen LogP contribution in [0, 0.1) is 0 Å². The van der Waals surface area contributed by atoms with Gasteiger partial charge in [-0.15, -0.1) is 0 Å². The zero-order chi connectivity index (χ0) is 46.2. The lowest BCUT2D eigenvalue weighted by atomic mass is 10.1. The molecule has 0 aliphatic heterocycles. The van der Waals surface area contributed by atoms with E-state index < -0.39 is 13.9 Å². The van der Waals surface area contributed by atoms with Crippen molar-refractivity contribution >= 4 is 13.8 Å². The zero-order valence-corrected chi connectivity index (χ0v) is 42.2. The van der Waals surface area contributed by atoms with Gasteiger partial charge >= 0.3 is 13.8 Å². The smallest absolute Gasteiger partial charge is 0.457 e. The van der Waals surface area contributed by atoms with Crippen LogP contribution in [0.4, 0.5) is 0 Å². The number of carbonyl (C=O) groups is 1. The fourth-order valence-corrected chi connectivity index (χ4v) is 7.29. The highest BCUT2D eigenvalue weighted by molar-refractivity contribution is 7.47. The summed E-state index contributed by atoms with van der Waals surface area (Å²) in [5.74, 6) is -0.330. The summed E-state index contributed by atoms with van der Waals surface area (Å²) in [7, 11) is 1.64. The number of ether oxygens (including phenoxy) is 2. The summed E-state index contributed by atoms with van der Waals surface area (Å²) in [6.07, 6.45) is 62.0. The van der Waals surface area contributed by atoms with Gasteiger partial charge in [0.15, 0.2) is 0 Å². The number of rotatable bonds is 46. The molecule has 2 atom stereocenters. The molecule has 1 N–H and O–H groups in total. The van der Waals surface area contributed by atoms with E-state index in [0.717, 1.165) is 89.9 Å². The first kappa shape index (κ1) is 60.7. The molecule has 2 unspecified atom stereocenters. The SMILES string of the molecule is CC/C=C\C/C=C\C/C=C\C/C=C\C/C=C\CCCCCCOCC(COP(=O)(O)OCC[N+](C)(C)C)OC(=O)CCCCCCCCCCC/C=C\C/C=C\CCCCCCC. The van der Waals surface area contributed by atoms with Crippen molar-refractivity contribution in [2.24, 2.45) is 0 Å². The van der Waals surface area contributed by atoms with Gasteiger partial charge in [0.25, 0.3) is 0 Å². The highest BCUT2D eigenvalue weighted by atomic mass is 31.2. The molecular weight excluding hydrogens is 806 g/mol. The van der Waals surface area contributed by atoms with Crippen molar-refractivity contribution < 1.29 is 37.3 Å². The van der Waals surface area contributed by atoms with Gasteiger partial charge < -0.3 is 18.9 Å². The Morgan fingerprint density at radius 2 is 0.921 bits per heavy atom. The fourth-order valence-electron chi connectivity index (χ4n) is 6.55. The second kappa shape index (κ2) is 46.2. The third kappa shape index (κ3) is 50.5. The lowest BCUT2D eigenvalue weighted by molar-refractivity contribution is -0.870. The number of quaternary nitrogens is 1. The maximum absolute atomic E-state index is 12.8. The molecule has 0 spiro atoms. The number of likely N-dealkylation sites (N-methyl/N-ethyl adjacent to an activating group) is 1. The maximum Gasteiger partial charge on any atom is 0.472 e. The molecule has 0 rings (SSSR count). The molecule has 0 aromatic heterocycles. The molecule has 8 nitrogen and oxygen atoms in total. The summed E-state index contributed by atoms with van der Waals surface area (Å²) < 4.78 is 35.1. The van der Waals surface area contributed by atoms with E-state index in [4.69, 9.17) is 18.5 Å². The molecule has 0 aromatic carbocycles. The molecule has 364 valence electrons. The number of hydrogen-bond acceptors (Lipinski definition) is 6. The average Bonchev–Trinajstić information content (AvgIpc) is 3.24. The van der Waals surface area contributed by atoms with Crippen molar-refractivity contribution in [2.75, 3.05) is 54.1 Å². The lowest BCUT2D eigenvalue weighted by Crippen LogP contribution is -2.37. The topological polar surface area (TPSA) is 91.3 Å². The number of unbranched alkanes of at least 4 members (excludes halogenated alkanes) is 18. The van der Waals surface area contributed by atoms with Gasteiger partial charge in [0.1, 0.15) is 19.3 Å². The van der Waals surface area contributed by atoms with Crippen molar-refractivity contribution in [3.05, 3.63) is 85.1 Å². The average molecular weight is 903 g/mol. The van der Waals surface area contributed by atoms with Crippen LogP contribution < -0.4 is 0 Å². The van der Waals surface area contributed by atoms with Crippen LogP contribution >= 0.6 is 7.82 Å². The summed E-state index contributed by atoms with van der Waals surface area (Å²) in [6.45, 7) is 5.42. The van der Waals surface area contributed by atoms with E-state index in [1.807, 2.05) is 21.1 Å². The van der Waals surface area contributed by atoms with E-state index in [1.54, 1.807) is 0 Å². The highest BCUT2D eigenvalue weighted by Crippen LogP contribution is 2.43. The molecule has 63 heavy (non-hydrogen) atoms. The van der Waals surface area contributed by atoms with Crippen molar-refractivity contribution in [3.8, 4) is 0 Å². The quantitative estimate of drug-likeness (QED) is 0.0214. The van der Waals surface area contributed by atoms with Crippen LogP contribution in [-0.2, 0) is 27.9 Å². The Hall–Kier alpha value is -2.32. The van der Waals surface area contributed by atoms with E-state index in [9.17, 15) is 14.3 Å². The number of hydrogen-bond donors (Lipinski definition) is 1. The Labute approximate surface area is 388 Å². The zero-order valence-electron chi connectivity index (χ0n) is 41.3. The van der Waals surface area contributed by atoms with Crippen LogP contribution in [-0.4, -0.2) is 75.6 Å². The third-order valence-electron chi connectivity index (χ3n) is 10.4. The van der Waals surface area contributed by atoms with Crippen LogP contribution in [0.2, 0.25) is 0 Å². The molecule has 0 bridgehead atoms. The Morgan fingerprint density at radius 3 is 1.38 bits per heavy atom. The van der Waals surface area contributed by atoms with E-state index in [-0.39, 0.29) is 25.8 Å². The molecule has 9 heteroatoms. The van der Waals surface area contributed by atoms with Gasteiger partial charge in [0.2, 0.25) is 0 Å². The van der Waals surface area contributed by atoms with E-state index >= 15 is 0 Å². The minimum atomic E-state index is -4.29. The first-order chi connectivity index (χ1) is 30.6. The first-order valence-corrected chi connectivity index (χ1v) is 26.8. The van der Waals surface area contributed by atoms with Gasteiger partial charge in [-0.25, -0.2) is 4.57 Å². The van der Waals surface area contributed by atoms with Crippen molar-refractivity contribution in [3.63, 3.8) is 0 Å². The predicted octanol–water partition coefficient (Wildman–Crippen LogP) is 15.6. The number of nitrogens with zero attached hydrogens (tertiary/aromatic N) is 1. The molecule has 0 saturated heterocycles. The Kier molecular flexibility index (Phi) is 44.5. The fraction of sp³-hybridized carbons (Fsp3) is 0.722. The van der Waals surface area contributed by atoms with E-state index in [2.05, 4.69) is 98.9 Å². The summed E-state index contributed by atoms with van der Waals surface area (Å²) >= 11 is 0. The predicted molar refractivity (Wildman–Crippen MR) is 270 cm³/mol. The molecule has 0 amide bonds.